The van der Waals surface area contributed by atoms with Crippen LogP contribution in [0.3, 0.4) is 0 Å². The molecule has 2 aliphatic heterocycles. The van der Waals surface area contributed by atoms with Gasteiger partial charge in [-0.25, -0.2) is 0 Å². The first kappa shape index (κ1) is 16.9. The molecule has 2 saturated heterocycles. The van der Waals surface area contributed by atoms with Gasteiger partial charge in [0.2, 0.25) is 5.91 Å². The first-order valence-corrected chi connectivity index (χ1v) is 8.90. The molecule has 126 valence electrons. The van der Waals surface area contributed by atoms with Crippen molar-refractivity contribution in [1.29, 1.82) is 0 Å². The molecule has 1 N–H and O–H groups in total. The monoisotopic (exact) mass is 356 g/mol. The SMILES string of the molecule is O=C(CCCOc1ccc(Cl)cc1Cl)N1CCC2(CCNC2)C1. The van der Waals surface area contributed by atoms with Crippen LogP contribution in [0.1, 0.15) is 25.7 Å². The fourth-order valence-corrected chi connectivity index (χ4v) is 3.91. The third kappa shape index (κ3) is 4.11. The van der Waals surface area contributed by atoms with Crippen molar-refractivity contribution in [3.63, 3.8) is 0 Å². The van der Waals surface area contributed by atoms with Gasteiger partial charge in [-0.2, -0.15) is 0 Å². The number of hydrogen-bond donors (Lipinski definition) is 1. The van der Waals surface area contributed by atoms with Crippen molar-refractivity contribution in [2.24, 2.45) is 5.41 Å². The van der Waals surface area contributed by atoms with Gasteiger partial charge in [0.15, 0.2) is 0 Å². The Labute approximate surface area is 147 Å². The molecule has 1 aromatic carbocycles. The van der Waals surface area contributed by atoms with Gasteiger partial charge in [0.25, 0.3) is 0 Å². The Morgan fingerprint density at radius 1 is 1.35 bits per heavy atom. The van der Waals surface area contributed by atoms with Gasteiger partial charge < -0.3 is 15.0 Å². The number of rotatable bonds is 5. The minimum Gasteiger partial charge on any atom is -0.492 e. The van der Waals surface area contributed by atoms with E-state index in [1.807, 2.05) is 4.90 Å². The molecule has 1 spiro atoms. The fourth-order valence-electron chi connectivity index (χ4n) is 3.45. The Bertz CT molecular complexity index is 574. The highest BCUT2D eigenvalue weighted by atomic mass is 35.5. The summed E-state index contributed by atoms with van der Waals surface area (Å²) in [6.07, 6.45) is 3.53. The Hall–Kier alpha value is -0.970. The van der Waals surface area contributed by atoms with Crippen LogP contribution in [0.25, 0.3) is 0 Å². The number of likely N-dealkylation sites (tertiary alicyclic amines) is 1. The first-order valence-electron chi connectivity index (χ1n) is 8.14. The molecule has 0 radical (unpaired) electrons. The predicted molar refractivity (Wildman–Crippen MR) is 92.3 cm³/mol. The number of hydrogen-bond acceptors (Lipinski definition) is 3. The Kier molecular flexibility index (Phi) is 5.34. The van der Waals surface area contributed by atoms with Crippen LogP contribution in [-0.2, 0) is 4.79 Å². The number of ether oxygens (including phenoxy) is 1. The van der Waals surface area contributed by atoms with Crippen molar-refractivity contribution in [1.82, 2.24) is 10.2 Å². The van der Waals surface area contributed by atoms with Crippen molar-refractivity contribution in [2.45, 2.75) is 25.7 Å². The van der Waals surface area contributed by atoms with E-state index in [1.165, 1.54) is 6.42 Å². The van der Waals surface area contributed by atoms with Gasteiger partial charge in [-0.1, -0.05) is 23.2 Å². The molecule has 1 atom stereocenters. The van der Waals surface area contributed by atoms with Gasteiger partial charge >= 0.3 is 0 Å². The number of nitrogens with one attached hydrogen (secondary N) is 1. The maximum atomic E-state index is 12.3. The highest BCUT2D eigenvalue weighted by molar-refractivity contribution is 6.35. The smallest absolute Gasteiger partial charge is 0.222 e. The molecule has 1 amide bonds. The van der Waals surface area contributed by atoms with Crippen molar-refractivity contribution in [3.05, 3.63) is 28.2 Å². The summed E-state index contributed by atoms with van der Waals surface area (Å²) in [4.78, 5) is 14.3. The van der Waals surface area contributed by atoms with Gasteiger partial charge in [0, 0.05) is 36.5 Å². The van der Waals surface area contributed by atoms with E-state index in [9.17, 15) is 4.79 Å². The summed E-state index contributed by atoms with van der Waals surface area (Å²) in [5.41, 5.74) is 0.336. The van der Waals surface area contributed by atoms with Gasteiger partial charge in [0.05, 0.1) is 11.6 Å². The maximum absolute atomic E-state index is 12.3. The number of amides is 1. The summed E-state index contributed by atoms with van der Waals surface area (Å²) < 4.78 is 5.63. The first-order chi connectivity index (χ1) is 11.1. The number of halogens is 2. The van der Waals surface area contributed by atoms with E-state index in [-0.39, 0.29) is 5.91 Å². The third-order valence-corrected chi connectivity index (χ3v) is 5.34. The van der Waals surface area contributed by atoms with Crippen molar-refractivity contribution in [2.75, 3.05) is 32.8 Å². The number of carbonyl (C=O) groups is 1. The molecule has 2 heterocycles. The lowest BCUT2D eigenvalue weighted by Crippen LogP contribution is -2.33. The normalized spacial score (nSPS) is 23.7. The number of nitrogens with zero attached hydrogens (tertiary/aromatic N) is 1. The summed E-state index contributed by atoms with van der Waals surface area (Å²) in [7, 11) is 0. The highest BCUT2D eigenvalue weighted by Crippen LogP contribution is 2.36. The quantitative estimate of drug-likeness (QED) is 0.822. The molecular formula is C17H22Cl2N2O2. The van der Waals surface area contributed by atoms with Crippen LogP contribution < -0.4 is 10.1 Å². The van der Waals surface area contributed by atoms with Gasteiger partial charge in [0.1, 0.15) is 5.75 Å². The van der Waals surface area contributed by atoms with E-state index in [2.05, 4.69) is 5.32 Å². The summed E-state index contributed by atoms with van der Waals surface area (Å²) in [5.74, 6) is 0.847. The van der Waals surface area contributed by atoms with Crippen LogP contribution in [-0.4, -0.2) is 43.6 Å². The van der Waals surface area contributed by atoms with Crippen molar-refractivity contribution >= 4 is 29.1 Å². The van der Waals surface area contributed by atoms with Crippen LogP contribution in [0.15, 0.2) is 18.2 Å². The van der Waals surface area contributed by atoms with Crippen LogP contribution in [0, 0.1) is 5.41 Å². The number of carbonyl (C=O) groups excluding carboxylic acids is 1. The average molecular weight is 357 g/mol. The zero-order valence-electron chi connectivity index (χ0n) is 13.1. The molecule has 2 fully saturated rings. The molecule has 3 rings (SSSR count). The van der Waals surface area contributed by atoms with Gasteiger partial charge in [-0.15, -0.1) is 0 Å². The molecule has 1 unspecified atom stereocenters. The molecule has 6 heteroatoms. The Morgan fingerprint density at radius 3 is 2.96 bits per heavy atom. The zero-order chi connectivity index (χ0) is 16.3. The lowest BCUT2D eigenvalue weighted by atomic mass is 9.86. The fraction of sp³-hybridized carbons (Fsp3) is 0.588. The van der Waals surface area contributed by atoms with E-state index >= 15 is 0 Å². The summed E-state index contributed by atoms with van der Waals surface area (Å²) in [5, 5.41) is 4.50. The second-order valence-corrected chi connectivity index (χ2v) is 7.36. The van der Waals surface area contributed by atoms with Crippen LogP contribution in [0.5, 0.6) is 5.75 Å². The topological polar surface area (TPSA) is 41.6 Å². The maximum Gasteiger partial charge on any atom is 0.222 e. The molecule has 23 heavy (non-hydrogen) atoms. The van der Waals surface area contributed by atoms with E-state index in [1.54, 1.807) is 18.2 Å². The average Bonchev–Trinajstić information content (AvgIpc) is 3.16. The van der Waals surface area contributed by atoms with E-state index < -0.39 is 0 Å². The van der Waals surface area contributed by atoms with Crippen molar-refractivity contribution in [3.8, 4) is 5.75 Å². The number of benzene rings is 1. The molecule has 0 bridgehead atoms. The molecule has 4 nitrogen and oxygen atoms in total. The van der Waals surface area contributed by atoms with Crippen LogP contribution >= 0.6 is 23.2 Å². The van der Waals surface area contributed by atoms with Crippen LogP contribution in [0.2, 0.25) is 10.0 Å². The molecule has 0 aliphatic carbocycles. The lowest BCUT2D eigenvalue weighted by Gasteiger charge is -2.22. The molecular weight excluding hydrogens is 335 g/mol. The van der Waals surface area contributed by atoms with Gasteiger partial charge in [-0.3, -0.25) is 4.79 Å². The van der Waals surface area contributed by atoms with Crippen LogP contribution in [0.4, 0.5) is 0 Å². The summed E-state index contributed by atoms with van der Waals surface area (Å²) in [6, 6.07) is 5.15. The second kappa shape index (κ2) is 7.29. The summed E-state index contributed by atoms with van der Waals surface area (Å²) >= 11 is 11.9. The lowest BCUT2D eigenvalue weighted by molar-refractivity contribution is -0.130. The predicted octanol–water partition coefficient (Wildman–Crippen LogP) is 3.36. The minimum absolute atomic E-state index is 0.236. The van der Waals surface area contributed by atoms with E-state index in [4.69, 9.17) is 27.9 Å². The Morgan fingerprint density at radius 2 is 2.22 bits per heavy atom. The third-order valence-electron chi connectivity index (χ3n) is 4.81. The second-order valence-electron chi connectivity index (χ2n) is 6.52. The Balaban J connectivity index is 1.40. The standard InChI is InChI=1S/C17H22Cl2N2O2/c18-13-3-4-15(14(19)10-13)23-9-1-2-16(22)21-8-6-17(12-21)5-7-20-11-17/h3-4,10,20H,1-2,5-9,11-12H2. The minimum atomic E-state index is 0.236. The molecule has 0 aromatic heterocycles. The zero-order valence-corrected chi connectivity index (χ0v) is 14.6. The highest BCUT2D eigenvalue weighted by Gasteiger charge is 2.41. The van der Waals surface area contributed by atoms with Crippen molar-refractivity contribution < 1.29 is 9.53 Å². The molecule has 2 aliphatic rings. The molecule has 1 aromatic rings. The molecule has 0 saturated carbocycles. The van der Waals surface area contributed by atoms with E-state index in [0.29, 0.717) is 40.7 Å². The largest absolute Gasteiger partial charge is 0.492 e. The van der Waals surface area contributed by atoms with Gasteiger partial charge in [-0.05, 0) is 44.0 Å². The van der Waals surface area contributed by atoms with E-state index in [0.717, 1.165) is 32.6 Å². The summed E-state index contributed by atoms with van der Waals surface area (Å²) in [6.45, 7) is 4.41.